The molecule has 0 spiro atoms. The van der Waals surface area contributed by atoms with Crippen LogP contribution in [0.2, 0.25) is 0 Å². The quantitative estimate of drug-likeness (QED) is 0.832. The smallest absolute Gasteiger partial charge is 0.0454 e. The van der Waals surface area contributed by atoms with Crippen LogP contribution >= 0.6 is 11.3 Å². The highest BCUT2D eigenvalue weighted by Crippen LogP contribution is 2.31. The first kappa shape index (κ1) is 11.1. The lowest BCUT2D eigenvalue weighted by molar-refractivity contribution is 0.564. The molecule has 1 aromatic carbocycles. The molecule has 90 valence electrons. The van der Waals surface area contributed by atoms with Crippen molar-refractivity contribution in [1.82, 2.24) is 5.32 Å². The predicted molar refractivity (Wildman–Crippen MR) is 76.1 cm³/mol. The summed E-state index contributed by atoms with van der Waals surface area (Å²) in [6.45, 7) is 6.81. The lowest BCUT2D eigenvalue weighted by Crippen LogP contribution is -2.29. The first-order chi connectivity index (χ1) is 8.34. The maximum atomic E-state index is 3.50. The largest absolute Gasteiger partial charge is 0.369 e. The molecule has 1 aromatic heterocycles. The van der Waals surface area contributed by atoms with Crippen LogP contribution in [0, 0.1) is 5.92 Å². The highest BCUT2D eigenvalue weighted by molar-refractivity contribution is 7.17. The highest BCUT2D eigenvalue weighted by atomic mass is 32.1. The summed E-state index contributed by atoms with van der Waals surface area (Å²) in [7, 11) is 0. The normalized spacial score (nSPS) is 21.7. The Morgan fingerprint density at radius 3 is 3.24 bits per heavy atom. The number of hydrogen-bond acceptors (Lipinski definition) is 3. The molecule has 1 saturated heterocycles. The summed E-state index contributed by atoms with van der Waals surface area (Å²) in [5.74, 6) is 0.714. The number of hydrogen-bond donors (Lipinski definition) is 1. The summed E-state index contributed by atoms with van der Waals surface area (Å²) in [5.41, 5.74) is 1.40. The number of nitrogens with one attached hydrogen (secondary N) is 1. The summed E-state index contributed by atoms with van der Waals surface area (Å²) >= 11 is 1.83. The van der Waals surface area contributed by atoms with E-state index < -0.39 is 0 Å². The molecule has 0 radical (unpaired) electrons. The lowest BCUT2D eigenvalue weighted by atomic mass is 10.1. The van der Waals surface area contributed by atoms with Gasteiger partial charge in [-0.3, -0.25) is 0 Å². The Labute approximate surface area is 106 Å². The van der Waals surface area contributed by atoms with E-state index in [4.69, 9.17) is 0 Å². The van der Waals surface area contributed by atoms with Crippen LogP contribution in [0.3, 0.4) is 0 Å². The molecule has 1 atom stereocenters. The van der Waals surface area contributed by atoms with Gasteiger partial charge in [-0.2, -0.15) is 0 Å². The van der Waals surface area contributed by atoms with Gasteiger partial charge in [0, 0.05) is 35.4 Å². The summed E-state index contributed by atoms with van der Waals surface area (Å²) in [6.07, 6.45) is 0. The molecule has 3 heteroatoms. The van der Waals surface area contributed by atoms with Gasteiger partial charge in [-0.1, -0.05) is 13.0 Å². The Morgan fingerprint density at radius 1 is 1.35 bits per heavy atom. The molecule has 1 aliphatic heterocycles. The molecule has 1 N–H and O–H groups in total. The Hall–Kier alpha value is -1.06. The Bertz CT molecular complexity index is 506. The number of thiophene rings is 1. The molecular formula is C14H18N2S. The number of rotatable bonds is 1. The van der Waals surface area contributed by atoms with Crippen molar-refractivity contribution < 1.29 is 0 Å². The van der Waals surface area contributed by atoms with Gasteiger partial charge < -0.3 is 10.2 Å². The minimum Gasteiger partial charge on any atom is -0.369 e. The van der Waals surface area contributed by atoms with Gasteiger partial charge in [-0.15, -0.1) is 11.3 Å². The van der Waals surface area contributed by atoms with E-state index in [0.29, 0.717) is 5.92 Å². The van der Waals surface area contributed by atoms with E-state index in [0.717, 1.165) is 26.2 Å². The van der Waals surface area contributed by atoms with Crippen LogP contribution in [0.1, 0.15) is 6.92 Å². The fourth-order valence-corrected chi connectivity index (χ4v) is 3.37. The van der Waals surface area contributed by atoms with Crippen molar-refractivity contribution in [3.8, 4) is 0 Å². The molecule has 1 unspecified atom stereocenters. The van der Waals surface area contributed by atoms with Crippen molar-refractivity contribution in [3.63, 3.8) is 0 Å². The van der Waals surface area contributed by atoms with E-state index in [-0.39, 0.29) is 0 Å². The first-order valence-electron chi connectivity index (χ1n) is 6.26. The number of benzene rings is 1. The van der Waals surface area contributed by atoms with E-state index in [2.05, 4.69) is 46.8 Å². The van der Waals surface area contributed by atoms with Gasteiger partial charge in [0.2, 0.25) is 0 Å². The van der Waals surface area contributed by atoms with E-state index in [1.807, 2.05) is 11.3 Å². The van der Waals surface area contributed by atoms with Crippen LogP contribution in [0.15, 0.2) is 29.6 Å². The zero-order chi connectivity index (χ0) is 11.7. The first-order valence-corrected chi connectivity index (χ1v) is 7.14. The molecule has 0 amide bonds. The molecule has 1 aliphatic rings. The van der Waals surface area contributed by atoms with Gasteiger partial charge in [0.25, 0.3) is 0 Å². The van der Waals surface area contributed by atoms with E-state index >= 15 is 0 Å². The van der Waals surface area contributed by atoms with E-state index in [1.165, 1.54) is 15.8 Å². The van der Waals surface area contributed by atoms with Gasteiger partial charge in [-0.25, -0.2) is 0 Å². The van der Waals surface area contributed by atoms with Crippen molar-refractivity contribution in [2.75, 3.05) is 31.1 Å². The van der Waals surface area contributed by atoms with Gasteiger partial charge in [0.05, 0.1) is 0 Å². The topological polar surface area (TPSA) is 15.3 Å². The number of anilines is 1. The predicted octanol–water partition coefficient (Wildman–Crippen LogP) is 2.95. The Morgan fingerprint density at radius 2 is 2.29 bits per heavy atom. The van der Waals surface area contributed by atoms with Crippen molar-refractivity contribution >= 4 is 27.1 Å². The zero-order valence-electron chi connectivity index (χ0n) is 10.1. The molecule has 17 heavy (non-hydrogen) atoms. The van der Waals surface area contributed by atoms with Crippen LogP contribution in [0.25, 0.3) is 10.1 Å². The van der Waals surface area contributed by atoms with Gasteiger partial charge in [0.15, 0.2) is 0 Å². The third-order valence-electron chi connectivity index (χ3n) is 3.40. The monoisotopic (exact) mass is 246 g/mol. The third kappa shape index (κ3) is 2.17. The minimum atomic E-state index is 0.714. The van der Waals surface area contributed by atoms with E-state index in [9.17, 15) is 0 Å². The maximum Gasteiger partial charge on any atom is 0.0454 e. The zero-order valence-corrected chi connectivity index (χ0v) is 11.0. The van der Waals surface area contributed by atoms with Crippen LogP contribution in [0.5, 0.6) is 0 Å². The molecule has 2 nitrogen and oxygen atoms in total. The molecule has 3 rings (SSSR count). The molecule has 0 saturated carbocycles. The number of nitrogens with zero attached hydrogens (tertiary/aromatic N) is 1. The fraction of sp³-hybridized carbons (Fsp3) is 0.429. The summed E-state index contributed by atoms with van der Waals surface area (Å²) < 4.78 is 1.40. The second-order valence-electron chi connectivity index (χ2n) is 4.86. The van der Waals surface area contributed by atoms with Crippen LogP contribution < -0.4 is 10.2 Å². The number of fused-ring (bicyclic) bond motifs is 1. The SMILES string of the molecule is CC1CNCCN(c2cccc3sccc23)C1. The standard InChI is InChI=1S/C14H18N2S/c1-11-9-15-6-7-16(10-11)13-3-2-4-14-12(13)5-8-17-14/h2-5,8,11,15H,6-7,9-10H2,1H3. The summed E-state index contributed by atoms with van der Waals surface area (Å²) in [5, 5.41) is 7.10. The van der Waals surface area contributed by atoms with Crippen molar-refractivity contribution in [3.05, 3.63) is 29.6 Å². The molecule has 0 aliphatic carbocycles. The Balaban J connectivity index is 1.99. The van der Waals surface area contributed by atoms with E-state index in [1.54, 1.807) is 0 Å². The van der Waals surface area contributed by atoms with Gasteiger partial charge in [0.1, 0.15) is 0 Å². The van der Waals surface area contributed by atoms with Crippen LogP contribution in [-0.2, 0) is 0 Å². The Kier molecular flexibility index (Phi) is 3.04. The summed E-state index contributed by atoms with van der Waals surface area (Å²) in [6, 6.07) is 8.89. The van der Waals surface area contributed by atoms with Gasteiger partial charge in [-0.05, 0) is 36.0 Å². The molecule has 2 heterocycles. The highest BCUT2D eigenvalue weighted by Gasteiger charge is 2.16. The maximum absolute atomic E-state index is 3.50. The van der Waals surface area contributed by atoms with Crippen LogP contribution in [-0.4, -0.2) is 26.2 Å². The average Bonchev–Trinajstić information content (AvgIpc) is 2.71. The molecule has 1 fully saturated rings. The fourth-order valence-electron chi connectivity index (χ4n) is 2.57. The van der Waals surface area contributed by atoms with Crippen molar-refractivity contribution in [2.24, 2.45) is 5.92 Å². The molecular weight excluding hydrogens is 228 g/mol. The second-order valence-corrected chi connectivity index (χ2v) is 5.81. The minimum absolute atomic E-state index is 0.714. The molecule has 0 bridgehead atoms. The second kappa shape index (κ2) is 4.67. The lowest BCUT2D eigenvalue weighted by Gasteiger charge is -2.25. The van der Waals surface area contributed by atoms with Crippen molar-refractivity contribution in [1.29, 1.82) is 0 Å². The third-order valence-corrected chi connectivity index (χ3v) is 4.28. The average molecular weight is 246 g/mol. The van der Waals surface area contributed by atoms with Crippen LogP contribution in [0.4, 0.5) is 5.69 Å². The molecule has 2 aromatic rings. The summed E-state index contributed by atoms with van der Waals surface area (Å²) in [4.78, 5) is 2.53. The van der Waals surface area contributed by atoms with Crippen molar-refractivity contribution in [2.45, 2.75) is 6.92 Å². The van der Waals surface area contributed by atoms with Gasteiger partial charge >= 0.3 is 0 Å².